The Morgan fingerprint density at radius 2 is 2.00 bits per heavy atom. The number of nitrogens with zero attached hydrogens (tertiary/aromatic N) is 1. The Bertz CT molecular complexity index is 569. The lowest BCUT2D eigenvalue weighted by molar-refractivity contribution is -0.133. The van der Waals surface area contributed by atoms with E-state index >= 15 is 0 Å². The minimum Gasteiger partial charge on any atom is -0.497 e. The Hall–Kier alpha value is -2.24. The number of hydrogen-bond acceptors (Lipinski definition) is 4. The van der Waals surface area contributed by atoms with Crippen LogP contribution in [0.3, 0.4) is 0 Å². The van der Waals surface area contributed by atoms with Gasteiger partial charge in [-0.2, -0.15) is 0 Å². The number of ether oxygens (including phenoxy) is 2. The van der Waals surface area contributed by atoms with Crippen LogP contribution >= 0.6 is 0 Å². The molecule has 0 atom stereocenters. The van der Waals surface area contributed by atoms with Crippen LogP contribution in [0.25, 0.3) is 0 Å². The zero-order chi connectivity index (χ0) is 15.6. The Morgan fingerprint density at radius 3 is 2.62 bits per heavy atom. The van der Waals surface area contributed by atoms with Gasteiger partial charge < -0.3 is 19.7 Å². The summed E-state index contributed by atoms with van der Waals surface area (Å²) in [5, 5.41) is 2.77. The van der Waals surface area contributed by atoms with E-state index in [1.54, 1.807) is 36.9 Å². The zero-order valence-electron chi connectivity index (χ0n) is 12.7. The molecule has 1 aliphatic heterocycles. The summed E-state index contributed by atoms with van der Waals surface area (Å²) in [4.78, 5) is 26.4. The van der Waals surface area contributed by atoms with E-state index in [0.717, 1.165) is 0 Å². The maximum Gasteiger partial charge on any atom is 0.258 e. The number of benzene rings is 1. The first kappa shape index (κ1) is 15.2. The van der Waals surface area contributed by atoms with E-state index in [4.69, 9.17) is 9.47 Å². The third kappa shape index (κ3) is 2.66. The predicted octanol–water partition coefficient (Wildman–Crippen LogP) is 1.05. The van der Waals surface area contributed by atoms with Gasteiger partial charge in [0.2, 0.25) is 5.91 Å². The molecule has 6 nitrogen and oxygen atoms in total. The summed E-state index contributed by atoms with van der Waals surface area (Å²) in [6.45, 7) is 4.36. The lowest BCUT2D eigenvalue weighted by atomic mass is 9.97. The van der Waals surface area contributed by atoms with Crippen molar-refractivity contribution in [3.05, 3.63) is 23.8 Å². The largest absolute Gasteiger partial charge is 0.497 e. The lowest BCUT2D eigenvalue weighted by Gasteiger charge is -2.41. The first-order chi connectivity index (χ1) is 9.91. The van der Waals surface area contributed by atoms with Crippen LogP contribution in [0, 0.1) is 0 Å². The average Bonchev–Trinajstić information content (AvgIpc) is 2.48. The molecular formula is C15H20N2O4. The fourth-order valence-corrected chi connectivity index (χ4v) is 2.38. The first-order valence-corrected chi connectivity index (χ1v) is 6.74. The molecule has 6 heteroatoms. The van der Waals surface area contributed by atoms with Crippen molar-refractivity contribution in [2.75, 3.05) is 27.3 Å². The minimum absolute atomic E-state index is 0.163. The van der Waals surface area contributed by atoms with E-state index in [1.807, 2.05) is 0 Å². The molecule has 2 amide bonds. The van der Waals surface area contributed by atoms with Crippen molar-refractivity contribution in [3.8, 4) is 11.5 Å². The Kier molecular flexibility index (Phi) is 4.06. The van der Waals surface area contributed by atoms with Gasteiger partial charge in [0.1, 0.15) is 17.0 Å². The van der Waals surface area contributed by atoms with Gasteiger partial charge >= 0.3 is 0 Å². The molecule has 1 aromatic carbocycles. The second-order valence-electron chi connectivity index (χ2n) is 5.34. The zero-order valence-corrected chi connectivity index (χ0v) is 12.7. The van der Waals surface area contributed by atoms with Crippen molar-refractivity contribution < 1.29 is 19.1 Å². The van der Waals surface area contributed by atoms with Crippen molar-refractivity contribution in [2.24, 2.45) is 0 Å². The molecule has 1 aromatic rings. The fourth-order valence-electron chi connectivity index (χ4n) is 2.38. The van der Waals surface area contributed by atoms with Crippen molar-refractivity contribution in [2.45, 2.75) is 19.4 Å². The van der Waals surface area contributed by atoms with Crippen molar-refractivity contribution in [1.82, 2.24) is 10.2 Å². The first-order valence-electron chi connectivity index (χ1n) is 6.74. The molecule has 1 fully saturated rings. The number of piperazine rings is 1. The number of carbonyl (C=O) groups excluding carboxylic acids is 2. The van der Waals surface area contributed by atoms with Gasteiger partial charge in [0, 0.05) is 13.1 Å². The summed E-state index contributed by atoms with van der Waals surface area (Å²) in [7, 11) is 3.04. The number of amides is 2. The standard InChI is InChI=1S/C15H20N2O4/c1-15(2)14(19)16-7-8-17(15)13(18)11-9-10(20-3)5-6-12(11)21-4/h5-6,9H,7-8H2,1-4H3,(H,16,19). The van der Waals surface area contributed by atoms with Crippen molar-refractivity contribution >= 4 is 11.8 Å². The van der Waals surface area contributed by atoms with E-state index in [0.29, 0.717) is 30.2 Å². The number of nitrogens with one attached hydrogen (secondary N) is 1. The van der Waals surface area contributed by atoms with Gasteiger partial charge in [-0.25, -0.2) is 0 Å². The molecule has 0 radical (unpaired) electrons. The van der Waals surface area contributed by atoms with E-state index in [-0.39, 0.29) is 11.8 Å². The van der Waals surface area contributed by atoms with Crippen molar-refractivity contribution in [1.29, 1.82) is 0 Å². The van der Waals surface area contributed by atoms with Gasteiger partial charge in [-0.3, -0.25) is 9.59 Å². The fraction of sp³-hybridized carbons (Fsp3) is 0.467. The summed E-state index contributed by atoms with van der Waals surface area (Å²) in [5.74, 6) is 0.621. The molecule has 2 rings (SSSR count). The van der Waals surface area contributed by atoms with E-state index < -0.39 is 5.54 Å². The molecule has 0 unspecified atom stereocenters. The number of methoxy groups -OCH3 is 2. The van der Waals surface area contributed by atoms with Gasteiger partial charge in [0.15, 0.2) is 0 Å². The Balaban J connectivity index is 2.41. The summed E-state index contributed by atoms with van der Waals surface area (Å²) < 4.78 is 10.4. The van der Waals surface area contributed by atoms with Crippen LogP contribution < -0.4 is 14.8 Å². The van der Waals surface area contributed by atoms with Crippen LogP contribution in [0.4, 0.5) is 0 Å². The minimum atomic E-state index is -0.899. The second-order valence-corrected chi connectivity index (χ2v) is 5.34. The summed E-state index contributed by atoms with van der Waals surface area (Å²) in [6, 6.07) is 5.04. The monoisotopic (exact) mass is 292 g/mol. The Labute approximate surface area is 124 Å². The molecule has 0 saturated carbocycles. The second kappa shape index (κ2) is 5.63. The van der Waals surface area contributed by atoms with E-state index in [1.165, 1.54) is 14.2 Å². The smallest absolute Gasteiger partial charge is 0.258 e. The highest BCUT2D eigenvalue weighted by Gasteiger charge is 2.41. The summed E-state index contributed by atoms with van der Waals surface area (Å²) in [5.41, 5.74) is -0.511. The van der Waals surface area contributed by atoms with Crippen LogP contribution in [0.5, 0.6) is 11.5 Å². The van der Waals surface area contributed by atoms with Crippen LogP contribution in [0.2, 0.25) is 0 Å². The van der Waals surface area contributed by atoms with Crippen LogP contribution in [0.1, 0.15) is 24.2 Å². The average molecular weight is 292 g/mol. The van der Waals surface area contributed by atoms with Gasteiger partial charge in [-0.1, -0.05) is 0 Å². The maximum absolute atomic E-state index is 12.8. The third-order valence-corrected chi connectivity index (χ3v) is 3.73. The topological polar surface area (TPSA) is 67.9 Å². The summed E-state index contributed by atoms with van der Waals surface area (Å²) >= 11 is 0. The molecule has 21 heavy (non-hydrogen) atoms. The molecule has 114 valence electrons. The number of carbonyl (C=O) groups is 2. The van der Waals surface area contributed by atoms with Crippen molar-refractivity contribution in [3.63, 3.8) is 0 Å². The maximum atomic E-state index is 12.8. The number of rotatable bonds is 3. The normalized spacial score (nSPS) is 17.1. The molecule has 1 aliphatic rings. The van der Waals surface area contributed by atoms with Gasteiger partial charge in [0.05, 0.1) is 19.8 Å². The van der Waals surface area contributed by atoms with Crippen LogP contribution in [-0.4, -0.2) is 49.6 Å². The molecule has 0 spiro atoms. The lowest BCUT2D eigenvalue weighted by Crippen LogP contribution is -2.63. The molecule has 1 saturated heterocycles. The van der Waals surface area contributed by atoms with E-state index in [9.17, 15) is 9.59 Å². The van der Waals surface area contributed by atoms with Gasteiger partial charge in [-0.05, 0) is 32.0 Å². The number of hydrogen-bond donors (Lipinski definition) is 1. The molecule has 0 bridgehead atoms. The van der Waals surface area contributed by atoms with Crippen LogP contribution in [-0.2, 0) is 4.79 Å². The molecule has 1 heterocycles. The highest BCUT2D eigenvalue weighted by Crippen LogP contribution is 2.28. The summed E-state index contributed by atoms with van der Waals surface area (Å²) in [6.07, 6.45) is 0. The molecule has 0 aromatic heterocycles. The molecular weight excluding hydrogens is 272 g/mol. The van der Waals surface area contributed by atoms with Gasteiger partial charge in [0.25, 0.3) is 5.91 Å². The third-order valence-electron chi connectivity index (χ3n) is 3.73. The highest BCUT2D eigenvalue weighted by atomic mass is 16.5. The SMILES string of the molecule is COc1ccc(OC)c(C(=O)N2CCNC(=O)C2(C)C)c1. The molecule has 0 aliphatic carbocycles. The quantitative estimate of drug-likeness (QED) is 0.904. The van der Waals surface area contributed by atoms with Crippen LogP contribution in [0.15, 0.2) is 18.2 Å². The highest BCUT2D eigenvalue weighted by molar-refractivity contribution is 6.01. The predicted molar refractivity (Wildman–Crippen MR) is 77.7 cm³/mol. The van der Waals surface area contributed by atoms with E-state index in [2.05, 4.69) is 5.32 Å². The van der Waals surface area contributed by atoms with Gasteiger partial charge in [-0.15, -0.1) is 0 Å². The Morgan fingerprint density at radius 1 is 1.29 bits per heavy atom. The molecule has 1 N–H and O–H groups in total.